The van der Waals surface area contributed by atoms with Crippen molar-refractivity contribution in [1.29, 1.82) is 0 Å². The molecule has 3 aromatic rings. The van der Waals surface area contributed by atoms with Crippen LogP contribution < -0.4 is 19.1 Å². The number of carbonyl (C=O) groups excluding carboxylic acids is 2. The van der Waals surface area contributed by atoms with E-state index >= 15 is 0 Å². The molecule has 1 N–H and O–H groups in total. The summed E-state index contributed by atoms with van der Waals surface area (Å²) in [6.45, 7) is 1.85. The van der Waals surface area contributed by atoms with E-state index in [1.165, 1.54) is 42.4 Å². The number of hydrogen-bond donors (Lipinski definition) is 1. The van der Waals surface area contributed by atoms with Crippen molar-refractivity contribution in [2.75, 3.05) is 12.0 Å². The number of ether oxygens (including phenoxy) is 1. The van der Waals surface area contributed by atoms with E-state index in [4.69, 9.17) is 21.1 Å². The summed E-state index contributed by atoms with van der Waals surface area (Å²) < 4.78 is 36.6. The molecule has 0 bridgehead atoms. The highest BCUT2D eigenvalue weighted by atomic mass is 79.9. The zero-order valence-corrected chi connectivity index (χ0v) is 24.1. The zero-order valence-electron chi connectivity index (χ0n) is 19.3. The van der Waals surface area contributed by atoms with Crippen LogP contribution in [0.5, 0.6) is 11.5 Å². The molecule has 190 valence electrons. The molecule has 2 amide bonds. The van der Waals surface area contributed by atoms with E-state index in [9.17, 15) is 18.0 Å². The predicted molar refractivity (Wildman–Crippen MR) is 150 cm³/mol. The number of hydrogen-bond acceptors (Lipinski definition) is 7. The molecule has 0 unspecified atom stereocenters. The van der Waals surface area contributed by atoms with Crippen LogP contribution in [0.2, 0.25) is 0 Å². The van der Waals surface area contributed by atoms with E-state index in [2.05, 4.69) is 37.2 Å². The van der Waals surface area contributed by atoms with Gasteiger partial charge in [-0.2, -0.15) is 8.42 Å². The van der Waals surface area contributed by atoms with Gasteiger partial charge in [0.2, 0.25) is 0 Å². The molecule has 1 aliphatic rings. The van der Waals surface area contributed by atoms with Crippen LogP contribution in [0.4, 0.5) is 5.69 Å². The average molecular weight is 666 g/mol. The molecule has 0 aromatic heterocycles. The average Bonchev–Trinajstić information content (AvgIpc) is 2.84. The summed E-state index contributed by atoms with van der Waals surface area (Å²) in [5.41, 5.74) is 1.63. The van der Waals surface area contributed by atoms with E-state index in [1.807, 2.05) is 6.92 Å². The minimum atomic E-state index is -4.11. The van der Waals surface area contributed by atoms with Crippen molar-refractivity contribution in [2.45, 2.75) is 11.8 Å². The Labute approximate surface area is 235 Å². The Morgan fingerprint density at radius 2 is 1.57 bits per heavy atom. The van der Waals surface area contributed by atoms with Gasteiger partial charge in [-0.25, -0.2) is 0 Å². The minimum absolute atomic E-state index is 0.00200. The van der Waals surface area contributed by atoms with Crippen LogP contribution in [0, 0.1) is 6.92 Å². The van der Waals surface area contributed by atoms with E-state index in [0.717, 1.165) is 5.56 Å². The molecular weight excluding hydrogens is 648 g/mol. The zero-order chi connectivity index (χ0) is 26.9. The molecule has 1 fully saturated rings. The Kier molecular flexibility index (Phi) is 7.83. The van der Waals surface area contributed by atoms with Gasteiger partial charge in [-0.1, -0.05) is 17.7 Å². The normalized spacial score (nSPS) is 15.1. The maximum absolute atomic E-state index is 13.3. The molecule has 37 heavy (non-hydrogen) atoms. The highest BCUT2D eigenvalue weighted by molar-refractivity contribution is 9.11. The smallest absolute Gasteiger partial charge is 0.339 e. The highest BCUT2D eigenvalue weighted by Crippen LogP contribution is 2.37. The summed E-state index contributed by atoms with van der Waals surface area (Å²) in [6, 6.07) is 15.9. The number of halogens is 2. The van der Waals surface area contributed by atoms with Gasteiger partial charge in [0.25, 0.3) is 11.8 Å². The Morgan fingerprint density at radius 1 is 0.973 bits per heavy atom. The second-order valence-corrected chi connectivity index (χ2v) is 11.5. The summed E-state index contributed by atoms with van der Waals surface area (Å²) >= 11 is 11.9. The van der Waals surface area contributed by atoms with Gasteiger partial charge >= 0.3 is 10.1 Å². The first-order valence-corrected chi connectivity index (χ1v) is 14.0. The fourth-order valence-corrected chi connectivity index (χ4v) is 6.24. The van der Waals surface area contributed by atoms with Crippen LogP contribution in [-0.2, 0) is 19.7 Å². The molecule has 3 aromatic carbocycles. The fraction of sp³-hybridized carbons (Fsp3) is 0.0800. The Bertz CT molecular complexity index is 1530. The third kappa shape index (κ3) is 5.77. The molecule has 1 aliphatic heterocycles. The van der Waals surface area contributed by atoms with E-state index < -0.39 is 21.9 Å². The van der Waals surface area contributed by atoms with Gasteiger partial charge in [-0.05, 0) is 111 Å². The first-order chi connectivity index (χ1) is 17.5. The lowest BCUT2D eigenvalue weighted by atomic mass is 10.1. The number of benzene rings is 3. The van der Waals surface area contributed by atoms with Crippen molar-refractivity contribution in [2.24, 2.45) is 0 Å². The van der Waals surface area contributed by atoms with Gasteiger partial charge in [0.05, 0.1) is 21.7 Å². The Morgan fingerprint density at radius 3 is 2.14 bits per heavy atom. The second kappa shape index (κ2) is 10.7. The van der Waals surface area contributed by atoms with Crippen molar-refractivity contribution >= 4 is 82.9 Å². The molecule has 0 atom stereocenters. The second-order valence-electron chi connectivity index (χ2n) is 7.82. The molecule has 1 heterocycles. The van der Waals surface area contributed by atoms with Crippen molar-refractivity contribution in [3.05, 3.63) is 86.3 Å². The molecule has 0 saturated carbocycles. The number of anilines is 1. The summed E-state index contributed by atoms with van der Waals surface area (Å²) in [6.07, 6.45) is 1.38. The van der Waals surface area contributed by atoms with E-state index in [-0.39, 0.29) is 30.3 Å². The first kappa shape index (κ1) is 27.0. The quantitative estimate of drug-likeness (QED) is 0.169. The highest BCUT2D eigenvalue weighted by Gasteiger charge is 2.34. The Hall–Kier alpha value is -3.06. The molecule has 4 rings (SSSR count). The van der Waals surface area contributed by atoms with Gasteiger partial charge in [0, 0.05) is 0 Å². The van der Waals surface area contributed by atoms with E-state index in [1.54, 1.807) is 36.4 Å². The lowest BCUT2D eigenvalue weighted by Crippen LogP contribution is -2.54. The predicted octanol–water partition coefficient (Wildman–Crippen LogP) is 5.13. The molecule has 0 spiro atoms. The standard InChI is InChI=1S/C25H18Br2N2O6S2/c1-14-3-9-18(10-4-14)37(32,33)35-22-20(26)12-15(13-21(22)27)11-19-23(30)28-25(36)29(24(19)31)16-5-7-17(34-2)8-6-16/h3-13H,1-2H3,(H,28,30,36)/b19-11-. The molecule has 1 saturated heterocycles. The molecular formula is C25H18Br2N2O6S2. The third-order valence-electron chi connectivity index (χ3n) is 5.27. The summed E-state index contributed by atoms with van der Waals surface area (Å²) in [5.74, 6) is -0.661. The molecule has 0 aliphatic carbocycles. The van der Waals surface area contributed by atoms with Crippen LogP contribution >= 0.6 is 44.1 Å². The van der Waals surface area contributed by atoms with Crippen LogP contribution in [0.3, 0.4) is 0 Å². The van der Waals surface area contributed by atoms with Gasteiger partial charge < -0.3 is 8.92 Å². The number of nitrogens with one attached hydrogen (secondary N) is 1. The molecule has 0 radical (unpaired) electrons. The fourth-order valence-electron chi connectivity index (χ4n) is 3.40. The van der Waals surface area contributed by atoms with E-state index in [0.29, 0.717) is 17.0 Å². The monoisotopic (exact) mass is 664 g/mol. The third-order valence-corrected chi connectivity index (χ3v) is 7.96. The number of thiocarbonyl (C=S) groups is 1. The number of amides is 2. The Balaban J connectivity index is 1.65. The first-order valence-electron chi connectivity index (χ1n) is 10.6. The number of carbonyl (C=O) groups is 2. The summed E-state index contributed by atoms with van der Waals surface area (Å²) in [7, 11) is -2.58. The lowest BCUT2D eigenvalue weighted by Gasteiger charge is -2.29. The van der Waals surface area contributed by atoms with Gasteiger partial charge in [0.15, 0.2) is 10.9 Å². The maximum atomic E-state index is 13.3. The summed E-state index contributed by atoms with van der Waals surface area (Å²) in [4.78, 5) is 27.1. The van der Waals surface area contributed by atoms with Crippen LogP contribution in [0.25, 0.3) is 6.08 Å². The van der Waals surface area contributed by atoms with Gasteiger partial charge in [-0.15, -0.1) is 0 Å². The maximum Gasteiger partial charge on any atom is 0.339 e. The largest absolute Gasteiger partial charge is 0.497 e. The topological polar surface area (TPSA) is 102 Å². The number of nitrogens with zero attached hydrogens (tertiary/aromatic N) is 1. The van der Waals surface area contributed by atoms with Crippen LogP contribution in [-0.4, -0.2) is 32.5 Å². The number of rotatable bonds is 6. The van der Waals surface area contributed by atoms with Crippen LogP contribution in [0.15, 0.2) is 80.1 Å². The van der Waals surface area contributed by atoms with Crippen LogP contribution in [0.1, 0.15) is 11.1 Å². The lowest BCUT2D eigenvalue weighted by molar-refractivity contribution is -0.122. The minimum Gasteiger partial charge on any atom is -0.497 e. The molecule has 8 nitrogen and oxygen atoms in total. The van der Waals surface area contributed by atoms with Gasteiger partial charge in [-0.3, -0.25) is 19.8 Å². The molecule has 12 heteroatoms. The van der Waals surface area contributed by atoms with Crippen molar-refractivity contribution < 1.29 is 26.9 Å². The number of aryl methyl sites for hydroxylation is 1. The summed E-state index contributed by atoms with van der Waals surface area (Å²) in [5, 5.41) is 2.47. The van der Waals surface area contributed by atoms with Crippen molar-refractivity contribution in [3.8, 4) is 11.5 Å². The van der Waals surface area contributed by atoms with Gasteiger partial charge in [0.1, 0.15) is 16.2 Å². The van der Waals surface area contributed by atoms with Crippen molar-refractivity contribution in [1.82, 2.24) is 5.32 Å². The van der Waals surface area contributed by atoms with Crippen molar-refractivity contribution in [3.63, 3.8) is 0 Å². The number of methoxy groups -OCH3 is 1. The SMILES string of the molecule is COc1ccc(N2C(=O)/C(=C\c3cc(Br)c(OS(=O)(=O)c4ccc(C)cc4)c(Br)c3)C(=O)NC2=S)cc1.